The van der Waals surface area contributed by atoms with Crippen LogP contribution in [-0.2, 0) is 4.79 Å². The fourth-order valence-corrected chi connectivity index (χ4v) is 2.62. The Morgan fingerprint density at radius 2 is 1.65 bits per heavy atom. The van der Waals surface area contributed by atoms with Crippen LogP contribution in [0.5, 0.6) is 0 Å². The first kappa shape index (κ1) is 15.0. The molecule has 0 saturated carbocycles. The summed E-state index contributed by atoms with van der Waals surface area (Å²) in [5, 5.41) is 5.26. The third-order valence-corrected chi connectivity index (χ3v) is 4.10. The van der Waals surface area contributed by atoms with Crippen LogP contribution in [0.3, 0.4) is 0 Å². The molecule has 0 aliphatic carbocycles. The van der Waals surface area contributed by atoms with Crippen LogP contribution in [0.2, 0.25) is 0 Å². The van der Waals surface area contributed by atoms with Gasteiger partial charge < -0.3 is 5.32 Å². The first-order chi connectivity index (χ1) is 11.1. The summed E-state index contributed by atoms with van der Waals surface area (Å²) >= 11 is 0. The van der Waals surface area contributed by atoms with Crippen LogP contribution in [0.25, 0.3) is 16.8 Å². The fourth-order valence-electron chi connectivity index (χ4n) is 2.62. The molecule has 3 rings (SSSR count). The maximum absolute atomic E-state index is 12.2. The van der Waals surface area contributed by atoms with Gasteiger partial charge in [-0.1, -0.05) is 54.6 Å². The standard InChI is InChI=1S/C21H19NO/c1-15-7-5-12-20(16(15)2)22-21(23)14-13-18-10-6-9-17-8-3-4-11-19(17)18/h3-14H,1-2H3,(H,22,23)/b14-13+. The zero-order valence-corrected chi connectivity index (χ0v) is 13.3. The molecule has 1 N–H and O–H groups in total. The highest BCUT2D eigenvalue weighted by molar-refractivity contribution is 6.04. The van der Waals surface area contributed by atoms with E-state index in [1.807, 2.05) is 62.4 Å². The Balaban J connectivity index is 1.82. The topological polar surface area (TPSA) is 29.1 Å². The molecule has 114 valence electrons. The van der Waals surface area contributed by atoms with E-state index in [1.54, 1.807) is 6.08 Å². The third-order valence-electron chi connectivity index (χ3n) is 4.10. The number of rotatable bonds is 3. The SMILES string of the molecule is Cc1cccc(NC(=O)/C=C/c2cccc3ccccc23)c1C. The number of aryl methyl sites for hydroxylation is 1. The molecular weight excluding hydrogens is 282 g/mol. The fraction of sp³-hybridized carbons (Fsp3) is 0.0952. The van der Waals surface area contributed by atoms with E-state index in [2.05, 4.69) is 23.5 Å². The van der Waals surface area contributed by atoms with Crippen molar-refractivity contribution in [1.82, 2.24) is 0 Å². The molecule has 0 saturated heterocycles. The second-order valence-corrected chi connectivity index (χ2v) is 5.64. The summed E-state index contributed by atoms with van der Waals surface area (Å²) < 4.78 is 0. The Bertz CT molecular complexity index is 888. The van der Waals surface area contributed by atoms with E-state index in [9.17, 15) is 4.79 Å². The van der Waals surface area contributed by atoms with Gasteiger partial charge in [-0.3, -0.25) is 4.79 Å². The van der Waals surface area contributed by atoms with Crippen molar-refractivity contribution in [2.24, 2.45) is 0 Å². The minimum absolute atomic E-state index is 0.119. The van der Waals surface area contributed by atoms with Gasteiger partial charge in [-0.05, 0) is 53.5 Å². The monoisotopic (exact) mass is 301 g/mol. The van der Waals surface area contributed by atoms with E-state index in [-0.39, 0.29) is 5.91 Å². The molecule has 0 atom stereocenters. The minimum Gasteiger partial charge on any atom is -0.322 e. The first-order valence-corrected chi connectivity index (χ1v) is 7.68. The van der Waals surface area contributed by atoms with Crippen molar-refractivity contribution < 1.29 is 4.79 Å². The normalized spacial score (nSPS) is 11.0. The highest BCUT2D eigenvalue weighted by Gasteiger charge is 2.03. The number of carbonyl (C=O) groups excluding carboxylic acids is 1. The molecule has 0 heterocycles. The minimum atomic E-state index is -0.119. The first-order valence-electron chi connectivity index (χ1n) is 7.68. The van der Waals surface area contributed by atoms with Gasteiger partial charge >= 0.3 is 0 Å². The average molecular weight is 301 g/mol. The van der Waals surface area contributed by atoms with Gasteiger partial charge in [0.1, 0.15) is 0 Å². The summed E-state index contributed by atoms with van der Waals surface area (Å²) in [7, 11) is 0. The van der Waals surface area contributed by atoms with Crippen molar-refractivity contribution in [2.75, 3.05) is 5.32 Å². The van der Waals surface area contributed by atoms with Crippen molar-refractivity contribution >= 4 is 28.4 Å². The Morgan fingerprint density at radius 3 is 2.52 bits per heavy atom. The number of anilines is 1. The van der Waals surface area contributed by atoms with Crippen molar-refractivity contribution in [2.45, 2.75) is 13.8 Å². The molecule has 1 amide bonds. The predicted octanol–water partition coefficient (Wildman–Crippen LogP) is 5.11. The van der Waals surface area contributed by atoms with Crippen LogP contribution >= 0.6 is 0 Å². The van der Waals surface area contributed by atoms with Gasteiger partial charge in [0.05, 0.1) is 0 Å². The van der Waals surface area contributed by atoms with Gasteiger partial charge in [0.2, 0.25) is 5.91 Å². The molecule has 0 aliphatic heterocycles. The van der Waals surface area contributed by atoms with E-state index in [4.69, 9.17) is 0 Å². The molecule has 0 aromatic heterocycles. The Kier molecular flexibility index (Phi) is 4.24. The molecule has 0 radical (unpaired) electrons. The lowest BCUT2D eigenvalue weighted by molar-refractivity contribution is -0.111. The lowest BCUT2D eigenvalue weighted by Gasteiger charge is -2.08. The number of hydrogen-bond acceptors (Lipinski definition) is 1. The van der Waals surface area contributed by atoms with Crippen molar-refractivity contribution in [1.29, 1.82) is 0 Å². The summed E-state index contributed by atoms with van der Waals surface area (Å²) in [6.45, 7) is 4.05. The summed E-state index contributed by atoms with van der Waals surface area (Å²) in [5.41, 5.74) is 4.16. The summed E-state index contributed by atoms with van der Waals surface area (Å²) in [5.74, 6) is -0.119. The molecule has 0 spiro atoms. The molecule has 3 aromatic carbocycles. The number of fused-ring (bicyclic) bond motifs is 1. The quantitative estimate of drug-likeness (QED) is 0.669. The van der Waals surface area contributed by atoms with E-state index in [0.717, 1.165) is 22.2 Å². The summed E-state index contributed by atoms with van der Waals surface area (Å²) in [6.07, 6.45) is 3.45. The van der Waals surface area contributed by atoms with E-state index < -0.39 is 0 Å². The van der Waals surface area contributed by atoms with Crippen LogP contribution in [0.4, 0.5) is 5.69 Å². The third kappa shape index (κ3) is 3.32. The number of hydrogen-bond donors (Lipinski definition) is 1. The number of nitrogens with one attached hydrogen (secondary N) is 1. The maximum Gasteiger partial charge on any atom is 0.248 e. The molecule has 2 nitrogen and oxygen atoms in total. The average Bonchev–Trinajstić information content (AvgIpc) is 2.57. The summed E-state index contributed by atoms with van der Waals surface area (Å²) in [6, 6.07) is 20.2. The molecule has 0 unspecified atom stereocenters. The molecule has 3 aromatic rings. The maximum atomic E-state index is 12.2. The van der Waals surface area contributed by atoms with Gasteiger partial charge in [0.25, 0.3) is 0 Å². The van der Waals surface area contributed by atoms with Gasteiger partial charge in [0, 0.05) is 11.8 Å². The van der Waals surface area contributed by atoms with Gasteiger partial charge in [0.15, 0.2) is 0 Å². The second kappa shape index (κ2) is 6.49. The van der Waals surface area contributed by atoms with Crippen LogP contribution in [0, 0.1) is 13.8 Å². The highest BCUT2D eigenvalue weighted by atomic mass is 16.1. The lowest BCUT2D eigenvalue weighted by atomic mass is 10.0. The van der Waals surface area contributed by atoms with Crippen molar-refractivity contribution in [3.05, 3.63) is 83.4 Å². The second-order valence-electron chi connectivity index (χ2n) is 5.64. The molecular formula is C21H19NO. The van der Waals surface area contributed by atoms with E-state index in [0.29, 0.717) is 0 Å². The van der Waals surface area contributed by atoms with E-state index >= 15 is 0 Å². The van der Waals surface area contributed by atoms with Gasteiger partial charge in [-0.2, -0.15) is 0 Å². The molecule has 0 bridgehead atoms. The molecule has 0 fully saturated rings. The number of amides is 1. The van der Waals surface area contributed by atoms with Gasteiger partial charge in [-0.15, -0.1) is 0 Å². The lowest BCUT2D eigenvalue weighted by Crippen LogP contribution is -2.09. The number of benzene rings is 3. The zero-order chi connectivity index (χ0) is 16.2. The highest BCUT2D eigenvalue weighted by Crippen LogP contribution is 2.20. The van der Waals surface area contributed by atoms with Crippen LogP contribution in [-0.4, -0.2) is 5.91 Å². The summed E-state index contributed by atoms with van der Waals surface area (Å²) in [4.78, 5) is 12.2. The van der Waals surface area contributed by atoms with Crippen molar-refractivity contribution in [3.8, 4) is 0 Å². The molecule has 2 heteroatoms. The van der Waals surface area contributed by atoms with Crippen LogP contribution < -0.4 is 5.32 Å². The Hall–Kier alpha value is -2.87. The Labute approximate surface area is 136 Å². The van der Waals surface area contributed by atoms with Gasteiger partial charge in [-0.25, -0.2) is 0 Å². The van der Waals surface area contributed by atoms with E-state index in [1.165, 1.54) is 10.9 Å². The smallest absolute Gasteiger partial charge is 0.248 e. The molecule has 0 aliphatic rings. The zero-order valence-electron chi connectivity index (χ0n) is 13.3. The number of carbonyl (C=O) groups is 1. The van der Waals surface area contributed by atoms with Crippen LogP contribution in [0.1, 0.15) is 16.7 Å². The van der Waals surface area contributed by atoms with Crippen molar-refractivity contribution in [3.63, 3.8) is 0 Å². The predicted molar refractivity (Wildman–Crippen MR) is 97.5 cm³/mol. The molecule has 23 heavy (non-hydrogen) atoms. The Morgan fingerprint density at radius 1 is 0.913 bits per heavy atom. The van der Waals surface area contributed by atoms with Crippen LogP contribution in [0.15, 0.2) is 66.7 Å². The largest absolute Gasteiger partial charge is 0.322 e.